The molecule has 0 unspecified atom stereocenters. The largest absolute Gasteiger partial charge is 0.454 e. The summed E-state index contributed by atoms with van der Waals surface area (Å²) >= 11 is 0. The fourth-order valence-electron chi connectivity index (χ4n) is 15.2. The molecule has 2 aliphatic rings. The lowest BCUT2D eigenvalue weighted by Crippen LogP contribution is -2.33. The Morgan fingerprint density at radius 1 is 0.333 bits per heavy atom. The Morgan fingerprint density at radius 3 is 1.42 bits per heavy atom. The van der Waals surface area contributed by atoms with Crippen LogP contribution >= 0.6 is 0 Å². The summed E-state index contributed by atoms with van der Waals surface area (Å²) in [5, 5.41) is 11.6. The van der Waals surface area contributed by atoms with Crippen LogP contribution in [0.5, 0.6) is 0 Å². The molecule has 0 radical (unpaired) electrons. The van der Waals surface area contributed by atoms with Crippen LogP contribution < -0.4 is 9.80 Å². The van der Waals surface area contributed by atoms with Crippen LogP contribution in [-0.2, 0) is 5.41 Å². The van der Waals surface area contributed by atoms with Gasteiger partial charge in [0.2, 0.25) is 0 Å². The first-order valence-electron chi connectivity index (χ1n) is 29.1. The maximum absolute atomic E-state index is 7.05. The normalized spacial score (nSPS) is 13.1. The van der Waals surface area contributed by atoms with Crippen molar-refractivity contribution in [3.8, 4) is 16.8 Å². The Balaban J connectivity index is 1.02. The summed E-state index contributed by atoms with van der Waals surface area (Å²) < 4.78 is 16.5. The quantitative estimate of drug-likeness (QED) is 0.166. The topological polar surface area (TPSA) is 37.7 Å². The Bertz CT molecular complexity index is 5450. The SMILES string of the molecule is Cc1ccc(N(c2ccc3c(c2)c2cc(N(c4ccc(C)cc4C)c4cccc5c4oc4ccccc45)cc4c2n3-c2ccccc2C42c3ccc4ccccc4c3-c3c2ccc2ccccc32)c2cccc3c2oc2ccccc23)c(C)c1. The molecule has 4 heterocycles. The molecule has 1 aliphatic heterocycles. The van der Waals surface area contributed by atoms with Crippen molar-refractivity contribution >= 4 is 121 Å². The number of para-hydroxylation sites is 5. The average molecular weight is 1080 g/mol. The number of furan rings is 2. The summed E-state index contributed by atoms with van der Waals surface area (Å²) in [6, 6.07) is 92.6. The third-order valence-corrected chi connectivity index (χ3v) is 18.7. The number of hydrogen-bond donors (Lipinski definition) is 0. The van der Waals surface area contributed by atoms with Crippen molar-refractivity contribution < 1.29 is 8.83 Å². The standard InChI is InChI=1S/C79H53N3O2/c1-46-31-38-66(48(3)41-46)80(70-27-15-23-58-56-21-9-13-29-72(56)83-77(58)70)52-35-40-68-60(43-52)61-44-53(81(67-39-32-47(2)42-49(67)4)71-28-16-24-59-57-22-10-14-30-73(57)84-78(59)71)45-65-76(61)82(68)69-26-12-11-25-62(69)79(65)63-36-33-50-17-5-7-19-54(50)74(63)75-55-20-8-6-18-51(55)34-37-64(75)79/h5-45H,1-4H3. The van der Waals surface area contributed by atoms with Gasteiger partial charge >= 0.3 is 0 Å². The Kier molecular flexibility index (Phi) is 9.64. The molecule has 0 saturated heterocycles. The van der Waals surface area contributed by atoms with Gasteiger partial charge in [-0.05, 0) is 167 Å². The van der Waals surface area contributed by atoms with E-state index in [1.807, 2.05) is 0 Å². The maximum atomic E-state index is 7.05. The van der Waals surface area contributed by atoms with E-state index in [9.17, 15) is 0 Å². The van der Waals surface area contributed by atoms with Gasteiger partial charge in [-0.1, -0.05) is 187 Å². The molecule has 0 bridgehead atoms. The van der Waals surface area contributed by atoms with Crippen molar-refractivity contribution in [3.05, 3.63) is 293 Å². The Morgan fingerprint density at radius 2 is 0.833 bits per heavy atom. The second kappa shape index (κ2) is 17.2. The molecule has 13 aromatic carbocycles. The first-order chi connectivity index (χ1) is 41.3. The van der Waals surface area contributed by atoms with Crippen LogP contribution in [0, 0.1) is 27.7 Å². The first kappa shape index (κ1) is 47.1. The van der Waals surface area contributed by atoms with Gasteiger partial charge in [-0.2, -0.15) is 0 Å². The highest BCUT2D eigenvalue weighted by Gasteiger charge is 2.52. The van der Waals surface area contributed by atoms with Gasteiger partial charge in [-0.3, -0.25) is 0 Å². The summed E-state index contributed by atoms with van der Waals surface area (Å²) in [5.74, 6) is 0. The number of nitrogens with zero attached hydrogens (tertiary/aromatic N) is 3. The van der Waals surface area contributed by atoms with Crippen LogP contribution in [-0.4, -0.2) is 4.57 Å². The molecule has 5 nitrogen and oxygen atoms in total. The lowest BCUT2D eigenvalue weighted by Gasteiger charge is -2.40. The van der Waals surface area contributed by atoms with Crippen LogP contribution in [0.15, 0.2) is 258 Å². The first-order valence-corrected chi connectivity index (χ1v) is 29.1. The minimum Gasteiger partial charge on any atom is -0.454 e. The summed E-state index contributed by atoms with van der Waals surface area (Å²) in [4.78, 5) is 4.91. The van der Waals surface area contributed by atoms with Gasteiger partial charge in [-0.15, -0.1) is 0 Å². The van der Waals surface area contributed by atoms with E-state index in [1.165, 1.54) is 88.4 Å². The van der Waals surface area contributed by atoms with Gasteiger partial charge in [0, 0.05) is 55.1 Å². The van der Waals surface area contributed by atoms with E-state index < -0.39 is 5.41 Å². The summed E-state index contributed by atoms with van der Waals surface area (Å²) in [6.07, 6.45) is 0. The lowest BCUT2D eigenvalue weighted by molar-refractivity contribution is 0.668. The van der Waals surface area contributed by atoms with Gasteiger partial charge < -0.3 is 23.2 Å². The van der Waals surface area contributed by atoms with Crippen molar-refractivity contribution in [2.24, 2.45) is 0 Å². The molecule has 18 rings (SSSR count). The number of rotatable bonds is 6. The molecule has 0 N–H and O–H groups in total. The summed E-state index contributed by atoms with van der Waals surface area (Å²) in [6.45, 7) is 8.83. The molecule has 84 heavy (non-hydrogen) atoms. The van der Waals surface area contributed by atoms with E-state index >= 15 is 0 Å². The van der Waals surface area contributed by atoms with Crippen molar-refractivity contribution in [1.82, 2.24) is 4.57 Å². The molecule has 0 amide bonds. The molecule has 396 valence electrons. The highest BCUT2D eigenvalue weighted by molar-refractivity contribution is 6.19. The zero-order valence-electron chi connectivity index (χ0n) is 46.8. The lowest BCUT2D eigenvalue weighted by atomic mass is 9.65. The van der Waals surface area contributed by atoms with Gasteiger partial charge in [0.1, 0.15) is 11.2 Å². The van der Waals surface area contributed by atoms with Crippen LogP contribution in [0.2, 0.25) is 0 Å². The number of fused-ring (bicyclic) bond motifs is 22. The van der Waals surface area contributed by atoms with E-state index in [-0.39, 0.29) is 0 Å². The molecule has 1 spiro atoms. The monoisotopic (exact) mass is 1080 g/mol. The summed E-state index contributed by atoms with van der Waals surface area (Å²) in [7, 11) is 0. The summed E-state index contributed by atoms with van der Waals surface area (Å²) in [5.41, 5.74) is 24.7. The van der Waals surface area contributed by atoms with E-state index in [0.717, 1.165) is 94.3 Å². The predicted molar refractivity (Wildman–Crippen MR) is 350 cm³/mol. The molecular formula is C79H53N3O2. The molecule has 0 saturated carbocycles. The number of benzene rings is 13. The molecule has 1 aliphatic carbocycles. The van der Waals surface area contributed by atoms with Gasteiger partial charge in [0.15, 0.2) is 11.2 Å². The van der Waals surface area contributed by atoms with Crippen molar-refractivity contribution in [3.63, 3.8) is 0 Å². The molecule has 3 aromatic heterocycles. The third-order valence-electron chi connectivity index (χ3n) is 18.7. The van der Waals surface area contributed by atoms with Crippen molar-refractivity contribution in [2.45, 2.75) is 33.1 Å². The van der Waals surface area contributed by atoms with Crippen LogP contribution in [0.25, 0.3) is 104 Å². The highest BCUT2D eigenvalue weighted by atomic mass is 16.3. The van der Waals surface area contributed by atoms with Gasteiger partial charge in [-0.25, -0.2) is 0 Å². The highest BCUT2D eigenvalue weighted by Crippen LogP contribution is 2.64. The third kappa shape index (κ3) is 6.27. The van der Waals surface area contributed by atoms with Crippen LogP contribution in [0.4, 0.5) is 34.1 Å². The van der Waals surface area contributed by atoms with Gasteiger partial charge in [0.25, 0.3) is 0 Å². The molecule has 0 fully saturated rings. The van der Waals surface area contributed by atoms with E-state index in [2.05, 4.69) is 291 Å². The van der Waals surface area contributed by atoms with E-state index in [0.29, 0.717) is 0 Å². The number of anilines is 6. The van der Waals surface area contributed by atoms with Crippen molar-refractivity contribution in [1.29, 1.82) is 0 Å². The predicted octanol–water partition coefficient (Wildman–Crippen LogP) is 21.7. The zero-order valence-corrected chi connectivity index (χ0v) is 46.8. The number of hydrogen-bond acceptors (Lipinski definition) is 4. The fourth-order valence-corrected chi connectivity index (χ4v) is 15.2. The molecule has 5 heteroatoms. The zero-order chi connectivity index (χ0) is 55.7. The Labute approximate surface area is 485 Å². The minimum atomic E-state index is -0.766. The molecular weight excluding hydrogens is 1020 g/mol. The number of aryl methyl sites for hydroxylation is 4. The van der Waals surface area contributed by atoms with Crippen LogP contribution in [0.3, 0.4) is 0 Å². The number of aromatic nitrogens is 1. The second-order valence-electron chi connectivity index (χ2n) is 23.4. The molecule has 0 atom stereocenters. The minimum absolute atomic E-state index is 0.766. The second-order valence-corrected chi connectivity index (χ2v) is 23.4. The fraction of sp³-hybridized carbons (Fsp3) is 0.0633. The smallest absolute Gasteiger partial charge is 0.159 e. The average Bonchev–Trinajstić information content (AvgIpc) is 1.50. The Hall–Kier alpha value is -10.6. The molecule has 16 aromatic rings. The van der Waals surface area contributed by atoms with Gasteiger partial charge in [0.05, 0.1) is 33.5 Å². The van der Waals surface area contributed by atoms with E-state index in [4.69, 9.17) is 8.83 Å². The van der Waals surface area contributed by atoms with Crippen molar-refractivity contribution in [2.75, 3.05) is 9.80 Å². The van der Waals surface area contributed by atoms with Crippen LogP contribution in [0.1, 0.15) is 44.5 Å². The van der Waals surface area contributed by atoms with E-state index in [1.54, 1.807) is 0 Å². The maximum Gasteiger partial charge on any atom is 0.159 e.